The fraction of sp³-hybridized carbons (Fsp3) is 0.643. The van der Waals surface area contributed by atoms with Crippen molar-refractivity contribution in [1.82, 2.24) is 9.36 Å². The first-order valence-corrected chi connectivity index (χ1v) is 13.1. The number of amides is 1. The quantitative estimate of drug-likeness (QED) is 0.495. The van der Waals surface area contributed by atoms with Gasteiger partial charge in [0.1, 0.15) is 12.4 Å². The van der Waals surface area contributed by atoms with Crippen LogP contribution in [0.1, 0.15) is 81.9 Å². The Morgan fingerprint density at radius 1 is 1.16 bits per heavy atom. The Bertz CT molecular complexity index is 1230. The van der Waals surface area contributed by atoms with Crippen LogP contribution in [-0.4, -0.2) is 46.3 Å². The molecule has 2 atom stereocenters. The van der Waals surface area contributed by atoms with Crippen LogP contribution in [0.4, 0.5) is 13.2 Å². The van der Waals surface area contributed by atoms with E-state index in [2.05, 4.69) is 25.8 Å². The van der Waals surface area contributed by atoms with E-state index in [1.165, 1.54) is 6.07 Å². The van der Waals surface area contributed by atoms with Crippen molar-refractivity contribution in [3.63, 3.8) is 0 Å². The molecule has 0 saturated carbocycles. The summed E-state index contributed by atoms with van der Waals surface area (Å²) in [6.07, 6.45) is -1.37. The summed E-state index contributed by atoms with van der Waals surface area (Å²) in [6, 6.07) is 4.75. The molecular formula is C28H38F3N3O4. The fourth-order valence-electron chi connectivity index (χ4n) is 5.10. The van der Waals surface area contributed by atoms with Crippen molar-refractivity contribution < 1.29 is 32.2 Å². The molecule has 0 radical (unpaired) electrons. The molecule has 3 heterocycles. The van der Waals surface area contributed by atoms with Crippen molar-refractivity contribution in [2.75, 3.05) is 13.2 Å². The number of ether oxygens (including phenoxy) is 3. The van der Waals surface area contributed by atoms with Gasteiger partial charge in [-0.1, -0.05) is 20.8 Å². The van der Waals surface area contributed by atoms with E-state index in [1.807, 2.05) is 36.3 Å². The lowest BCUT2D eigenvalue weighted by molar-refractivity contribution is -0.137. The van der Waals surface area contributed by atoms with Gasteiger partial charge in [-0.05, 0) is 57.7 Å². The van der Waals surface area contributed by atoms with Gasteiger partial charge in [-0.2, -0.15) is 18.2 Å². The second-order valence-corrected chi connectivity index (χ2v) is 11.9. The van der Waals surface area contributed by atoms with Gasteiger partial charge in [0.25, 0.3) is 5.91 Å². The Kier molecular flexibility index (Phi) is 7.87. The molecule has 38 heavy (non-hydrogen) atoms. The molecule has 2 aromatic rings. The highest BCUT2D eigenvalue weighted by Crippen LogP contribution is 2.34. The molecule has 1 aromatic carbocycles. The van der Waals surface area contributed by atoms with Crippen LogP contribution in [0.15, 0.2) is 29.3 Å². The van der Waals surface area contributed by atoms with Crippen molar-refractivity contribution >= 4 is 5.91 Å². The molecule has 10 heteroatoms. The average Bonchev–Trinajstić information content (AvgIpc) is 3.52. The number of hydrogen-bond donors (Lipinski definition) is 0. The highest BCUT2D eigenvalue weighted by atomic mass is 19.4. The Balaban J connectivity index is 1.71. The van der Waals surface area contributed by atoms with Gasteiger partial charge < -0.3 is 14.2 Å². The molecule has 2 aliphatic heterocycles. The van der Waals surface area contributed by atoms with E-state index >= 15 is 0 Å². The standard InChI is InChI=1S/C28H38F3N3O4/c1-26(2,3)23-15-24(34(33(23)6)16-19-8-7-13-36-19)32-25(35)21-14-18(28(29,30)31)9-10-22(21)37-17-20-11-12-27(4,5)38-20/h9-10,14-15,19-20H,7-8,11-13,16-17H2,1-6H3/b32-24+/t19-,20+/m1/s1. The van der Waals surface area contributed by atoms with Crippen molar-refractivity contribution in [3.8, 4) is 5.75 Å². The summed E-state index contributed by atoms with van der Waals surface area (Å²) >= 11 is 0. The normalized spacial score (nSPS) is 22.3. The van der Waals surface area contributed by atoms with E-state index < -0.39 is 17.6 Å². The molecule has 2 fully saturated rings. The van der Waals surface area contributed by atoms with Gasteiger partial charge in [-0.25, -0.2) is 0 Å². The van der Waals surface area contributed by atoms with Gasteiger partial charge in [0.05, 0.1) is 35.5 Å². The summed E-state index contributed by atoms with van der Waals surface area (Å²) < 4.78 is 62.1. The zero-order chi connectivity index (χ0) is 27.9. The number of carbonyl (C=O) groups excluding carboxylic acids is 1. The maximum atomic E-state index is 13.6. The van der Waals surface area contributed by atoms with Crippen LogP contribution < -0.4 is 10.2 Å². The van der Waals surface area contributed by atoms with Gasteiger partial charge in [-0.15, -0.1) is 0 Å². The first-order chi connectivity index (χ1) is 17.6. The number of halogens is 3. The SMILES string of the molecule is Cn1c(C(C)(C)C)c/c(=N\C(=O)c2cc(C(F)(F)F)ccc2OC[C@@H]2CCC(C)(C)O2)n1C[C@H]1CCCO1. The van der Waals surface area contributed by atoms with Crippen molar-refractivity contribution in [2.24, 2.45) is 12.0 Å². The monoisotopic (exact) mass is 537 g/mol. The second-order valence-electron chi connectivity index (χ2n) is 11.9. The largest absolute Gasteiger partial charge is 0.490 e. The number of hydrogen-bond acceptors (Lipinski definition) is 4. The molecule has 0 N–H and O–H groups in total. The van der Waals surface area contributed by atoms with Crippen molar-refractivity contribution in [3.05, 3.63) is 46.6 Å². The Morgan fingerprint density at radius 3 is 2.47 bits per heavy atom. The van der Waals surface area contributed by atoms with E-state index in [0.29, 0.717) is 18.6 Å². The number of aromatic nitrogens is 2. The van der Waals surface area contributed by atoms with Crippen molar-refractivity contribution in [2.45, 2.75) is 96.2 Å². The third kappa shape index (κ3) is 6.51. The minimum absolute atomic E-state index is 0.0198. The van der Waals surface area contributed by atoms with Crippen LogP contribution >= 0.6 is 0 Å². The minimum atomic E-state index is -4.61. The van der Waals surface area contributed by atoms with Crippen molar-refractivity contribution in [1.29, 1.82) is 0 Å². The smallest absolute Gasteiger partial charge is 0.416 e. The van der Waals surface area contributed by atoms with Gasteiger partial charge in [0, 0.05) is 30.8 Å². The summed E-state index contributed by atoms with van der Waals surface area (Å²) in [6.45, 7) is 11.4. The molecule has 1 amide bonds. The van der Waals surface area contributed by atoms with E-state index in [4.69, 9.17) is 14.2 Å². The Labute approximate surface area is 221 Å². The predicted octanol–water partition coefficient (Wildman–Crippen LogP) is 5.40. The van der Waals surface area contributed by atoms with E-state index in [9.17, 15) is 18.0 Å². The summed E-state index contributed by atoms with van der Waals surface area (Å²) in [5.41, 5.74) is -0.398. The summed E-state index contributed by atoms with van der Waals surface area (Å²) in [5, 5.41) is 0. The van der Waals surface area contributed by atoms with Crippen LogP contribution in [0.3, 0.4) is 0 Å². The molecule has 0 bridgehead atoms. The van der Waals surface area contributed by atoms with Crippen LogP contribution in [0, 0.1) is 0 Å². The molecule has 0 aliphatic carbocycles. The molecule has 7 nitrogen and oxygen atoms in total. The first kappa shape index (κ1) is 28.4. The lowest BCUT2D eigenvalue weighted by Gasteiger charge is -2.21. The summed E-state index contributed by atoms with van der Waals surface area (Å²) in [7, 11) is 1.89. The molecule has 0 spiro atoms. The molecule has 2 aliphatic rings. The van der Waals surface area contributed by atoms with Gasteiger partial charge in [0.15, 0.2) is 5.49 Å². The fourth-order valence-corrected chi connectivity index (χ4v) is 5.10. The van der Waals surface area contributed by atoms with E-state index in [1.54, 1.807) is 0 Å². The molecule has 4 rings (SSSR count). The van der Waals surface area contributed by atoms with Crippen LogP contribution in [-0.2, 0) is 34.7 Å². The highest BCUT2D eigenvalue weighted by molar-refractivity contribution is 5.97. The van der Waals surface area contributed by atoms with E-state index in [-0.39, 0.29) is 41.1 Å². The van der Waals surface area contributed by atoms with Gasteiger partial charge >= 0.3 is 6.18 Å². The third-order valence-corrected chi connectivity index (χ3v) is 7.14. The predicted molar refractivity (Wildman–Crippen MR) is 136 cm³/mol. The lowest BCUT2D eigenvalue weighted by Crippen LogP contribution is -2.30. The maximum absolute atomic E-state index is 13.6. The Hall–Kier alpha value is -2.59. The zero-order valence-corrected chi connectivity index (χ0v) is 23.0. The van der Waals surface area contributed by atoms with Gasteiger partial charge in [0.2, 0.25) is 0 Å². The second kappa shape index (κ2) is 10.5. The zero-order valence-electron chi connectivity index (χ0n) is 23.0. The molecule has 1 aromatic heterocycles. The number of rotatable bonds is 6. The van der Waals surface area contributed by atoms with E-state index in [0.717, 1.165) is 43.5 Å². The lowest BCUT2D eigenvalue weighted by atomic mass is 9.92. The van der Waals surface area contributed by atoms with Crippen LogP contribution in [0.25, 0.3) is 0 Å². The number of alkyl halides is 3. The number of carbonyl (C=O) groups is 1. The average molecular weight is 538 g/mol. The van der Waals surface area contributed by atoms with Crippen LogP contribution in [0.5, 0.6) is 5.75 Å². The summed E-state index contributed by atoms with van der Waals surface area (Å²) in [4.78, 5) is 17.8. The third-order valence-electron chi connectivity index (χ3n) is 7.14. The molecule has 0 unspecified atom stereocenters. The minimum Gasteiger partial charge on any atom is -0.490 e. The molecular weight excluding hydrogens is 499 g/mol. The topological polar surface area (TPSA) is 67.0 Å². The highest BCUT2D eigenvalue weighted by Gasteiger charge is 2.34. The summed E-state index contributed by atoms with van der Waals surface area (Å²) in [5.74, 6) is -0.747. The Morgan fingerprint density at radius 2 is 1.89 bits per heavy atom. The number of benzene rings is 1. The van der Waals surface area contributed by atoms with Gasteiger partial charge in [-0.3, -0.25) is 14.2 Å². The molecule has 2 saturated heterocycles. The van der Waals surface area contributed by atoms with Crippen LogP contribution in [0.2, 0.25) is 0 Å². The maximum Gasteiger partial charge on any atom is 0.416 e. The first-order valence-electron chi connectivity index (χ1n) is 13.1. The number of nitrogens with zero attached hydrogens (tertiary/aromatic N) is 3. The molecule has 210 valence electrons.